The summed E-state index contributed by atoms with van der Waals surface area (Å²) in [6, 6.07) is 0. The minimum Gasteiger partial charge on any atom is -0.294 e. The quantitative estimate of drug-likeness (QED) is 0.575. The fourth-order valence-corrected chi connectivity index (χ4v) is 1.97. The van der Waals surface area contributed by atoms with Crippen LogP contribution in [0.2, 0.25) is 0 Å². The molecule has 1 saturated carbocycles. The van der Waals surface area contributed by atoms with Crippen molar-refractivity contribution in [3.63, 3.8) is 0 Å². The van der Waals surface area contributed by atoms with Gasteiger partial charge in [-0.2, -0.15) is 0 Å². The van der Waals surface area contributed by atoms with Crippen molar-refractivity contribution in [2.24, 2.45) is 0 Å². The van der Waals surface area contributed by atoms with E-state index >= 15 is 0 Å². The normalized spacial score (nSPS) is 21.8. The molecule has 0 aromatic rings. The Labute approximate surface area is 78.6 Å². The summed E-state index contributed by atoms with van der Waals surface area (Å²) < 4.78 is 0. The summed E-state index contributed by atoms with van der Waals surface area (Å²) in [7, 11) is 0. The van der Waals surface area contributed by atoms with Crippen molar-refractivity contribution in [3.8, 4) is 0 Å². The molecule has 0 amide bonds. The summed E-state index contributed by atoms with van der Waals surface area (Å²) >= 11 is 1.55. The summed E-state index contributed by atoms with van der Waals surface area (Å²) in [6.07, 6.45) is 10.6. The first-order valence-corrected chi connectivity index (χ1v) is 5.75. The minimum atomic E-state index is 0.236. The highest BCUT2D eigenvalue weighted by molar-refractivity contribution is 8.03. The molecule has 0 N–H and O–H groups in total. The molecule has 0 atom stereocenters. The van der Waals surface area contributed by atoms with Crippen LogP contribution in [-0.4, -0.2) is 11.5 Å². The Kier molecular flexibility index (Phi) is 5.16. The summed E-state index contributed by atoms with van der Waals surface area (Å²) in [5.41, 5.74) is 0. The van der Waals surface area contributed by atoms with Gasteiger partial charge in [0.15, 0.2) is 5.78 Å². The molecule has 2 rings (SSSR count). The van der Waals surface area contributed by atoms with Crippen LogP contribution in [0.25, 0.3) is 0 Å². The number of rotatable bonds is 0. The van der Waals surface area contributed by atoms with Crippen LogP contribution in [0.3, 0.4) is 0 Å². The molecule has 1 aliphatic heterocycles. The summed E-state index contributed by atoms with van der Waals surface area (Å²) in [5.74, 6) is 0.889. The average molecular weight is 184 g/mol. The van der Waals surface area contributed by atoms with E-state index in [-0.39, 0.29) is 5.78 Å². The predicted octanol–water partition coefficient (Wildman–Crippen LogP) is 3.16. The highest BCUT2D eigenvalue weighted by Gasteiger charge is 1.99. The van der Waals surface area contributed by atoms with E-state index in [0.29, 0.717) is 5.75 Å². The largest absolute Gasteiger partial charge is 0.294 e. The number of hydrogen-bond acceptors (Lipinski definition) is 2. The van der Waals surface area contributed by atoms with Crippen LogP contribution in [0.5, 0.6) is 0 Å². The van der Waals surface area contributed by atoms with Crippen LogP contribution in [0.4, 0.5) is 0 Å². The van der Waals surface area contributed by atoms with E-state index < -0.39 is 0 Å². The number of hydrogen-bond donors (Lipinski definition) is 0. The first-order valence-electron chi connectivity index (χ1n) is 4.70. The summed E-state index contributed by atoms with van der Waals surface area (Å²) in [6.45, 7) is 0. The van der Waals surface area contributed by atoms with Gasteiger partial charge >= 0.3 is 0 Å². The van der Waals surface area contributed by atoms with E-state index in [9.17, 15) is 4.79 Å². The van der Waals surface area contributed by atoms with E-state index in [0.717, 1.165) is 0 Å². The van der Waals surface area contributed by atoms with Crippen LogP contribution in [0, 0.1) is 0 Å². The molecule has 68 valence electrons. The predicted molar refractivity (Wildman–Crippen MR) is 54.3 cm³/mol. The fourth-order valence-electron chi connectivity index (χ4n) is 1.36. The Morgan fingerprint density at radius 2 is 1.50 bits per heavy atom. The molecule has 0 aromatic heterocycles. The van der Waals surface area contributed by atoms with Gasteiger partial charge in [-0.05, 0) is 11.5 Å². The molecule has 1 nitrogen and oxygen atoms in total. The van der Waals surface area contributed by atoms with Gasteiger partial charge in [0.2, 0.25) is 0 Å². The second-order valence-corrected chi connectivity index (χ2v) is 4.10. The van der Waals surface area contributed by atoms with E-state index in [1.165, 1.54) is 38.5 Å². The van der Waals surface area contributed by atoms with Crippen molar-refractivity contribution >= 4 is 17.5 Å². The van der Waals surface area contributed by atoms with Crippen LogP contribution >= 0.6 is 11.8 Å². The van der Waals surface area contributed by atoms with Gasteiger partial charge in [0.05, 0.1) is 5.75 Å². The van der Waals surface area contributed by atoms with Crippen LogP contribution in [0.1, 0.15) is 38.5 Å². The van der Waals surface area contributed by atoms with Gasteiger partial charge in [0.25, 0.3) is 0 Å². The molecule has 2 heteroatoms. The third-order valence-corrected chi connectivity index (χ3v) is 2.86. The molecule has 0 radical (unpaired) electrons. The second-order valence-electron chi connectivity index (χ2n) is 3.20. The number of thioether (sulfide) groups is 1. The highest BCUT2D eigenvalue weighted by Crippen LogP contribution is 2.15. The van der Waals surface area contributed by atoms with Crippen molar-refractivity contribution in [1.29, 1.82) is 0 Å². The van der Waals surface area contributed by atoms with Crippen LogP contribution < -0.4 is 0 Å². The first kappa shape index (κ1) is 9.85. The lowest BCUT2D eigenvalue weighted by Crippen LogP contribution is -1.86. The monoisotopic (exact) mass is 184 g/mol. The Balaban J connectivity index is 0.000000120. The molecule has 0 saturated heterocycles. The van der Waals surface area contributed by atoms with Gasteiger partial charge in [0, 0.05) is 0 Å². The molecular weight excluding hydrogens is 168 g/mol. The number of carbonyl (C=O) groups is 1. The smallest absolute Gasteiger partial charge is 0.166 e. The maximum absolute atomic E-state index is 10.1. The average Bonchev–Trinajstić information content (AvgIpc) is 2.60. The zero-order chi connectivity index (χ0) is 8.65. The molecule has 0 aromatic carbocycles. The van der Waals surface area contributed by atoms with Gasteiger partial charge in [-0.15, -0.1) is 11.8 Å². The number of carbonyl (C=O) groups excluding carboxylic acids is 1. The van der Waals surface area contributed by atoms with Crippen molar-refractivity contribution < 1.29 is 4.79 Å². The maximum atomic E-state index is 10.1. The maximum Gasteiger partial charge on any atom is 0.166 e. The SMILES string of the molecule is C1CCCCC1.O=C1C=CSC1. The highest BCUT2D eigenvalue weighted by atomic mass is 32.2. The van der Waals surface area contributed by atoms with Crippen molar-refractivity contribution in [3.05, 3.63) is 11.5 Å². The topological polar surface area (TPSA) is 17.1 Å². The molecule has 1 fully saturated rings. The molecule has 2 aliphatic rings. The van der Waals surface area contributed by atoms with Gasteiger partial charge in [-0.25, -0.2) is 0 Å². The van der Waals surface area contributed by atoms with Crippen molar-refractivity contribution in [2.45, 2.75) is 38.5 Å². The van der Waals surface area contributed by atoms with E-state index in [1.54, 1.807) is 17.8 Å². The Hall–Kier alpha value is -0.240. The zero-order valence-corrected chi connectivity index (χ0v) is 8.24. The first-order chi connectivity index (χ1) is 5.89. The Morgan fingerprint density at radius 3 is 1.67 bits per heavy atom. The summed E-state index contributed by atoms with van der Waals surface area (Å²) in [4.78, 5) is 10.1. The van der Waals surface area contributed by atoms with Gasteiger partial charge in [-0.1, -0.05) is 38.5 Å². The number of ketones is 1. The molecule has 1 aliphatic carbocycles. The van der Waals surface area contributed by atoms with E-state index in [4.69, 9.17) is 0 Å². The third kappa shape index (κ3) is 4.60. The zero-order valence-electron chi connectivity index (χ0n) is 7.42. The molecule has 0 unspecified atom stereocenters. The fraction of sp³-hybridized carbons (Fsp3) is 0.700. The number of allylic oxidation sites excluding steroid dienone is 1. The molecule has 0 bridgehead atoms. The van der Waals surface area contributed by atoms with E-state index in [1.807, 2.05) is 5.41 Å². The van der Waals surface area contributed by atoms with Crippen LogP contribution in [-0.2, 0) is 4.79 Å². The molecule has 0 spiro atoms. The van der Waals surface area contributed by atoms with Crippen molar-refractivity contribution in [2.75, 3.05) is 5.75 Å². The van der Waals surface area contributed by atoms with Gasteiger partial charge in [-0.3, -0.25) is 4.79 Å². The minimum absolute atomic E-state index is 0.236. The van der Waals surface area contributed by atoms with Gasteiger partial charge < -0.3 is 0 Å². The standard InChI is InChI=1S/C6H12.C4H4OS/c1-2-4-6-5-3-1;5-4-1-2-6-3-4/h1-6H2;1-2H,3H2. The van der Waals surface area contributed by atoms with Gasteiger partial charge in [0.1, 0.15) is 0 Å². The second kappa shape index (κ2) is 6.30. The van der Waals surface area contributed by atoms with Crippen LogP contribution in [0.15, 0.2) is 11.5 Å². The lowest BCUT2D eigenvalue weighted by molar-refractivity contribution is -0.112. The molecule has 12 heavy (non-hydrogen) atoms. The van der Waals surface area contributed by atoms with Crippen molar-refractivity contribution in [1.82, 2.24) is 0 Å². The van der Waals surface area contributed by atoms with E-state index in [2.05, 4.69) is 0 Å². The third-order valence-electron chi connectivity index (χ3n) is 2.08. The molecule has 1 heterocycles. The summed E-state index contributed by atoms with van der Waals surface area (Å²) in [5, 5.41) is 1.82. The Bertz CT molecular complexity index is 148. The lowest BCUT2D eigenvalue weighted by atomic mass is 10.0. The lowest BCUT2D eigenvalue weighted by Gasteiger charge is -2.05. The Morgan fingerprint density at radius 1 is 1.00 bits per heavy atom. The molecular formula is C10H16OS.